The lowest BCUT2D eigenvalue weighted by Gasteiger charge is -2.08. The second kappa shape index (κ2) is 4.78. The number of para-hydroxylation sites is 2. The molecule has 0 atom stereocenters. The highest BCUT2D eigenvalue weighted by Crippen LogP contribution is 2.26. The Bertz CT molecular complexity index is 489. The van der Waals surface area contributed by atoms with Gasteiger partial charge in [-0.15, -0.1) is 0 Å². The number of rotatable bonds is 4. The summed E-state index contributed by atoms with van der Waals surface area (Å²) in [5.74, 6) is 1.87. The molecule has 1 aromatic heterocycles. The molecule has 0 saturated carbocycles. The monoisotopic (exact) mass is 233 g/mol. The molecule has 1 aromatic carbocycles. The lowest BCUT2D eigenvalue weighted by atomic mass is 10.3. The molecule has 0 bridgehead atoms. The van der Waals surface area contributed by atoms with Gasteiger partial charge in [0.05, 0.1) is 12.8 Å². The number of aromatic nitrogens is 2. The Morgan fingerprint density at radius 3 is 2.59 bits per heavy atom. The molecule has 0 unspecified atom stereocenters. The molecule has 0 radical (unpaired) electrons. The lowest BCUT2D eigenvalue weighted by molar-refractivity contribution is 0.281. The van der Waals surface area contributed by atoms with Gasteiger partial charge in [0, 0.05) is 13.2 Å². The highest BCUT2D eigenvalue weighted by molar-refractivity contribution is 5.39. The molecule has 5 heteroatoms. The van der Waals surface area contributed by atoms with E-state index in [1.165, 1.54) is 0 Å². The molecule has 0 aliphatic rings. The SMILES string of the molecule is COc1ccccc1OCc1cn(C)c(N)n1. The number of hydrogen-bond donors (Lipinski definition) is 1. The van der Waals surface area contributed by atoms with Gasteiger partial charge in [-0.25, -0.2) is 4.98 Å². The minimum Gasteiger partial charge on any atom is -0.493 e. The molecule has 0 aliphatic carbocycles. The van der Waals surface area contributed by atoms with E-state index in [0.717, 1.165) is 5.69 Å². The summed E-state index contributed by atoms with van der Waals surface area (Å²) in [6, 6.07) is 7.49. The maximum absolute atomic E-state index is 5.64. The second-order valence-corrected chi connectivity index (χ2v) is 3.64. The van der Waals surface area contributed by atoms with Crippen molar-refractivity contribution in [2.24, 2.45) is 7.05 Å². The highest BCUT2D eigenvalue weighted by Gasteiger charge is 2.05. The molecule has 17 heavy (non-hydrogen) atoms. The lowest BCUT2D eigenvalue weighted by Crippen LogP contribution is -1.98. The summed E-state index contributed by atoms with van der Waals surface area (Å²) in [4.78, 5) is 4.16. The molecule has 0 spiro atoms. The van der Waals surface area contributed by atoms with Crippen molar-refractivity contribution in [2.45, 2.75) is 6.61 Å². The minimum absolute atomic E-state index is 0.366. The van der Waals surface area contributed by atoms with Gasteiger partial charge in [0.2, 0.25) is 0 Å². The smallest absolute Gasteiger partial charge is 0.200 e. The van der Waals surface area contributed by atoms with E-state index < -0.39 is 0 Å². The maximum Gasteiger partial charge on any atom is 0.200 e. The third-order valence-corrected chi connectivity index (χ3v) is 2.41. The van der Waals surface area contributed by atoms with Crippen molar-refractivity contribution >= 4 is 5.95 Å². The Labute approximate surface area is 99.8 Å². The van der Waals surface area contributed by atoms with Crippen molar-refractivity contribution in [3.05, 3.63) is 36.2 Å². The number of hydrogen-bond acceptors (Lipinski definition) is 4. The average Bonchev–Trinajstić information content (AvgIpc) is 2.66. The summed E-state index contributed by atoms with van der Waals surface area (Å²) in [6.07, 6.45) is 1.84. The van der Waals surface area contributed by atoms with E-state index in [-0.39, 0.29) is 0 Å². The van der Waals surface area contributed by atoms with E-state index in [9.17, 15) is 0 Å². The topological polar surface area (TPSA) is 62.3 Å². The van der Waals surface area contributed by atoms with Gasteiger partial charge < -0.3 is 19.8 Å². The predicted octanol–water partition coefficient (Wildman–Crippen LogP) is 1.59. The quantitative estimate of drug-likeness (QED) is 0.871. The molecule has 0 saturated heterocycles. The van der Waals surface area contributed by atoms with Gasteiger partial charge in [-0.3, -0.25) is 0 Å². The van der Waals surface area contributed by atoms with E-state index >= 15 is 0 Å². The molecular weight excluding hydrogens is 218 g/mol. The summed E-state index contributed by atoms with van der Waals surface area (Å²) in [6.45, 7) is 0.366. The van der Waals surface area contributed by atoms with Crippen molar-refractivity contribution in [3.8, 4) is 11.5 Å². The Hall–Kier alpha value is -2.17. The number of nitrogens with two attached hydrogens (primary N) is 1. The van der Waals surface area contributed by atoms with Crippen LogP contribution in [0.15, 0.2) is 30.5 Å². The molecule has 1 heterocycles. The zero-order valence-corrected chi connectivity index (χ0v) is 9.88. The van der Waals surface area contributed by atoms with Gasteiger partial charge in [-0.2, -0.15) is 0 Å². The number of imidazole rings is 1. The van der Waals surface area contributed by atoms with Crippen LogP contribution in [0.25, 0.3) is 0 Å². The number of ether oxygens (including phenoxy) is 2. The van der Waals surface area contributed by atoms with E-state index in [2.05, 4.69) is 4.98 Å². The standard InChI is InChI=1S/C12H15N3O2/c1-15-7-9(14-12(15)13)8-17-11-6-4-3-5-10(11)16-2/h3-7H,8H2,1-2H3,(H2,13,14). The van der Waals surface area contributed by atoms with E-state index in [1.54, 1.807) is 11.7 Å². The van der Waals surface area contributed by atoms with Crippen molar-refractivity contribution in [1.29, 1.82) is 0 Å². The Morgan fingerprint density at radius 2 is 2.00 bits per heavy atom. The van der Waals surface area contributed by atoms with E-state index in [1.807, 2.05) is 37.5 Å². The van der Waals surface area contributed by atoms with E-state index in [0.29, 0.717) is 24.1 Å². The molecule has 0 aliphatic heterocycles. The summed E-state index contributed by atoms with van der Waals surface area (Å²) >= 11 is 0. The fourth-order valence-electron chi connectivity index (χ4n) is 1.50. The van der Waals surface area contributed by atoms with Crippen molar-refractivity contribution in [3.63, 3.8) is 0 Å². The molecule has 2 rings (SSSR count). The van der Waals surface area contributed by atoms with Crippen LogP contribution >= 0.6 is 0 Å². The van der Waals surface area contributed by atoms with Crippen LogP contribution in [0.1, 0.15) is 5.69 Å². The van der Waals surface area contributed by atoms with Crippen LogP contribution in [0.2, 0.25) is 0 Å². The van der Waals surface area contributed by atoms with Crippen LogP contribution in [-0.2, 0) is 13.7 Å². The van der Waals surface area contributed by atoms with Gasteiger partial charge in [0.1, 0.15) is 6.61 Å². The van der Waals surface area contributed by atoms with Crippen LogP contribution in [0.5, 0.6) is 11.5 Å². The molecular formula is C12H15N3O2. The summed E-state index contributed by atoms with van der Waals surface area (Å²) in [7, 11) is 3.45. The van der Waals surface area contributed by atoms with Crippen LogP contribution in [0.3, 0.4) is 0 Å². The third-order valence-electron chi connectivity index (χ3n) is 2.41. The predicted molar refractivity (Wildman–Crippen MR) is 64.9 cm³/mol. The number of nitrogens with zero attached hydrogens (tertiary/aromatic N) is 2. The zero-order valence-electron chi connectivity index (χ0n) is 9.88. The van der Waals surface area contributed by atoms with Gasteiger partial charge >= 0.3 is 0 Å². The highest BCUT2D eigenvalue weighted by atomic mass is 16.5. The van der Waals surface area contributed by atoms with Gasteiger partial charge in [-0.1, -0.05) is 12.1 Å². The largest absolute Gasteiger partial charge is 0.493 e. The van der Waals surface area contributed by atoms with Crippen molar-refractivity contribution in [2.75, 3.05) is 12.8 Å². The molecule has 2 N–H and O–H groups in total. The van der Waals surface area contributed by atoms with Gasteiger partial charge in [0.15, 0.2) is 17.4 Å². The van der Waals surface area contributed by atoms with Crippen LogP contribution in [0.4, 0.5) is 5.95 Å². The maximum atomic E-state index is 5.64. The fourth-order valence-corrected chi connectivity index (χ4v) is 1.50. The van der Waals surface area contributed by atoms with E-state index in [4.69, 9.17) is 15.2 Å². The minimum atomic E-state index is 0.366. The summed E-state index contributed by atoms with van der Waals surface area (Å²) in [5, 5.41) is 0. The number of benzene rings is 1. The molecule has 0 fully saturated rings. The Kier molecular flexibility index (Phi) is 3.18. The number of nitrogen functional groups attached to an aromatic ring is 1. The first-order chi connectivity index (χ1) is 8.20. The molecule has 0 amide bonds. The summed E-state index contributed by atoms with van der Waals surface area (Å²) in [5.41, 5.74) is 6.43. The Morgan fingerprint density at radius 1 is 1.29 bits per heavy atom. The normalized spacial score (nSPS) is 10.2. The van der Waals surface area contributed by atoms with Crippen LogP contribution in [-0.4, -0.2) is 16.7 Å². The number of aryl methyl sites for hydroxylation is 1. The summed E-state index contributed by atoms with van der Waals surface area (Å²) < 4.78 is 12.6. The van der Waals surface area contributed by atoms with Crippen LogP contribution in [0, 0.1) is 0 Å². The molecule has 5 nitrogen and oxygen atoms in total. The zero-order chi connectivity index (χ0) is 12.3. The average molecular weight is 233 g/mol. The van der Waals surface area contributed by atoms with Crippen molar-refractivity contribution < 1.29 is 9.47 Å². The molecule has 90 valence electrons. The van der Waals surface area contributed by atoms with Crippen LogP contribution < -0.4 is 15.2 Å². The number of anilines is 1. The van der Waals surface area contributed by atoms with Gasteiger partial charge in [-0.05, 0) is 12.1 Å². The fraction of sp³-hybridized carbons (Fsp3) is 0.250. The van der Waals surface area contributed by atoms with Crippen molar-refractivity contribution in [1.82, 2.24) is 9.55 Å². The first-order valence-corrected chi connectivity index (χ1v) is 5.24. The first kappa shape index (κ1) is 11.3. The molecule has 2 aromatic rings. The number of methoxy groups -OCH3 is 1. The Balaban J connectivity index is 2.07. The third kappa shape index (κ3) is 2.50. The second-order valence-electron chi connectivity index (χ2n) is 3.64. The first-order valence-electron chi connectivity index (χ1n) is 5.24. The van der Waals surface area contributed by atoms with Gasteiger partial charge in [0.25, 0.3) is 0 Å².